The zero-order valence-electron chi connectivity index (χ0n) is 12.5. The highest BCUT2D eigenvalue weighted by Crippen LogP contribution is 2.22. The van der Waals surface area contributed by atoms with E-state index < -0.39 is 11.9 Å². The van der Waals surface area contributed by atoms with E-state index in [2.05, 4.69) is 5.32 Å². The molecule has 116 valence electrons. The first kappa shape index (κ1) is 17.5. The molecule has 0 aliphatic carbocycles. The van der Waals surface area contributed by atoms with Crippen molar-refractivity contribution in [1.29, 1.82) is 0 Å². The molecule has 1 unspecified atom stereocenters. The summed E-state index contributed by atoms with van der Waals surface area (Å²) < 4.78 is 0. The Kier molecular flexibility index (Phi) is 6.65. The van der Waals surface area contributed by atoms with Gasteiger partial charge in [0.1, 0.15) is 0 Å². The van der Waals surface area contributed by atoms with Gasteiger partial charge in [0.15, 0.2) is 0 Å². The van der Waals surface area contributed by atoms with Crippen molar-refractivity contribution in [2.75, 3.05) is 25.0 Å². The number of nitrogens with one attached hydrogen (secondary N) is 1. The summed E-state index contributed by atoms with van der Waals surface area (Å²) in [7, 11) is 0. The fourth-order valence-electron chi connectivity index (χ4n) is 1.91. The molecule has 21 heavy (non-hydrogen) atoms. The Bertz CT molecular complexity index is 520. The largest absolute Gasteiger partial charge is 0.481 e. The van der Waals surface area contributed by atoms with Gasteiger partial charge in [0.05, 0.1) is 12.5 Å². The molecule has 0 aliphatic rings. The van der Waals surface area contributed by atoms with Crippen molar-refractivity contribution >= 4 is 29.2 Å². The Balaban J connectivity index is 2.63. The molecule has 1 rings (SSSR count). The van der Waals surface area contributed by atoms with Crippen LogP contribution in [0.5, 0.6) is 0 Å². The molecule has 0 heterocycles. The molecule has 0 radical (unpaired) electrons. The molecule has 0 spiro atoms. The highest BCUT2D eigenvalue weighted by atomic mass is 35.5. The molecule has 0 aromatic heterocycles. The number of anilines is 1. The Morgan fingerprint density at radius 1 is 1.43 bits per heavy atom. The lowest BCUT2D eigenvalue weighted by Gasteiger charge is -2.22. The number of halogens is 1. The van der Waals surface area contributed by atoms with Crippen LogP contribution in [0.2, 0.25) is 5.02 Å². The van der Waals surface area contributed by atoms with Gasteiger partial charge in [-0.2, -0.15) is 0 Å². The fourth-order valence-corrected chi connectivity index (χ4v) is 2.08. The van der Waals surface area contributed by atoms with Gasteiger partial charge in [0.25, 0.3) is 0 Å². The number of carbonyl (C=O) groups is 2. The monoisotopic (exact) mass is 312 g/mol. The summed E-state index contributed by atoms with van der Waals surface area (Å²) in [5.41, 5.74) is 1.49. The molecule has 0 saturated carbocycles. The van der Waals surface area contributed by atoms with Crippen LogP contribution in [0.25, 0.3) is 0 Å². The van der Waals surface area contributed by atoms with Crippen LogP contribution in [0, 0.1) is 12.8 Å². The number of aliphatic carboxylic acids is 1. The van der Waals surface area contributed by atoms with Crippen molar-refractivity contribution in [1.82, 2.24) is 4.90 Å². The van der Waals surface area contributed by atoms with Crippen LogP contribution in [0.4, 0.5) is 5.69 Å². The second-order valence-corrected chi connectivity index (χ2v) is 5.43. The minimum Gasteiger partial charge on any atom is -0.481 e. The highest BCUT2D eigenvalue weighted by molar-refractivity contribution is 6.31. The number of amides is 1. The predicted molar refractivity (Wildman–Crippen MR) is 83.7 cm³/mol. The summed E-state index contributed by atoms with van der Waals surface area (Å²) in [6.07, 6.45) is 0. The standard InChI is InChI=1S/C15H21ClN2O3/c1-4-18(8-10(2)15(20)21)9-14(19)17-13-7-5-6-12(16)11(13)3/h5-7,10H,4,8-9H2,1-3H3,(H,17,19)(H,20,21). The fraction of sp³-hybridized carbons (Fsp3) is 0.467. The van der Waals surface area contributed by atoms with Crippen LogP contribution in [0.1, 0.15) is 19.4 Å². The molecule has 0 fully saturated rings. The number of hydrogen-bond donors (Lipinski definition) is 2. The van der Waals surface area contributed by atoms with E-state index in [1.807, 2.05) is 13.8 Å². The van der Waals surface area contributed by atoms with Crippen LogP contribution in [-0.4, -0.2) is 41.5 Å². The van der Waals surface area contributed by atoms with Crippen LogP contribution < -0.4 is 5.32 Å². The number of rotatable bonds is 7. The van der Waals surface area contributed by atoms with Gasteiger partial charge in [-0.3, -0.25) is 14.5 Å². The van der Waals surface area contributed by atoms with Crippen molar-refractivity contribution in [3.8, 4) is 0 Å². The van der Waals surface area contributed by atoms with Crippen LogP contribution >= 0.6 is 11.6 Å². The lowest BCUT2D eigenvalue weighted by atomic mass is 10.1. The Labute approximate surface area is 129 Å². The molecule has 0 aliphatic heterocycles. The number of carboxylic acids is 1. The molecule has 2 N–H and O–H groups in total. The van der Waals surface area contributed by atoms with E-state index in [0.29, 0.717) is 23.8 Å². The number of benzene rings is 1. The molecule has 5 nitrogen and oxygen atoms in total. The number of likely N-dealkylation sites (N-methyl/N-ethyl adjacent to an activating group) is 1. The average molecular weight is 313 g/mol. The van der Waals surface area contributed by atoms with Crippen molar-refractivity contribution in [2.45, 2.75) is 20.8 Å². The maximum atomic E-state index is 12.1. The van der Waals surface area contributed by atoms with Gasteiger partial charge in [0, 0.05) is 17.3 Å². The maximum Gasteiger partial charge on any atom is 0.307 e. The van der Waals surface area contributed by atoms with E-state index in [9.17, 15) is 9.59 Å². The van der Waals surface area contributed by atoms with Gasteiger partial charge in [-0.1, -0.05) is 31.5 Å². The first-order valence-corrected chi connectivity index (χ1v) is 7.23. The second-order valence-electron chi connectivity index (χ2n) is 5.03. The number of carbonyl (C=O) groups excluding carboxylic acids is 1. The molecule has 1 amide bonds. The lowest BCUT2D eigenvalue weighted by Crippen LogP contribution is -2.37. The van der Waals surface area contributed by atoms with E-state index in [4.69, 9.17) is 16.7 Å². The predicted octanol–water partition coefficient (Wildman–Crippen LogP) is 2.63. The Morgan fingerprint density at radius 2 is 2.10 bits per heavy atom. The van der Waals surface area contributed by atoms with E-state index in [1.54, 1.807) is 30.0 Å². The third-order valence-corrected chi connectivity index (χ3v) is 3.72. The smallest absolute Gasteiger partial charge is 0.307 e. The van der Waals surface area contributed by atoms with Crippen LogP contribution in [-0.2, 0) is 9.59 Å². The number of carboxylic acid groups (broad SMARTS) is 1. The van der Waals surface area contributed by atoms with E-state index in [-0.39, 0.29) is 12.5 Å². The quantitative estimate of drug-likeness (QED) is 0.812. The van der Waals surface area contributed by atoms with Crippen molar-refractivity contribution < 1.29 is 14.7 Å². The third-order valence-electron chi connectivity index (χ3n) is 3.31. The molecular weight excluding hydrogens is 292 g/mol. The Hall–Kier alpha value is -1.59. The van der Waals surface area contributed by atoms with E-state index in [1.165, 1.54) is 0 Å². The third kappa shape index (κ3) is 5.36. The van der Waals surface area contributed by atoms with E-state index in [0.717, 1.165) is 5.56 Å². The van der Waals surface area contributed by atoms with Crippen LogP contribution in [0.3, 0.4) is 0 Å². The molecule has 0 saturated heterocycles. The van der Waals surface area contributed by atoms with Gasteiger partial charge in [-0.25, -0.2) is 0 Å². The number of hydrogen-bond acceptors (Lipinski definition) is 3. The maximum absolute atomic E-state index is 12.1. The minimum absolute atomic E-state index is 0.153. The summed E-state index contributed by atoms with van der Waals surface area (Å²) in [6.45, 7) is 6.46. The second kappa shape index (κ2) is 8.00. The van der Waals surface area contributed by atoms with E-state index >= 15 is 0 Å². The molecule has 0 bridgehead atoms. The molecule has 1 atom stereocenters. The van der Waals surface area contributed by atoms with Gasteiger partial charge in [-0.05, 0) is 31.2 Å². The average Bonchev–Trinajstić information content (AvgIpc) is 2.42. The normalized spacial score (nSPS) is 12.2. The number of nitrogens with zero attached hydrogens (tertiary/aromatic N) is 1. The zero-order chi connectivity index (χ0) is 16.0. The molecule has 1 aromatic rings. The zero-order valence-corrected chi connectivity index (χ0v) is 13.3. The first-order valence-electron chi connectivity index (χ1n) is 6.85. The van der Waals surface area contributed by atoms with Crippen molar-refractivity contribution in [3.63, 3.8) is 0 Å². The summed E-state index contributed by atoms with van der Waals surface area (Å²) in [5.74, 6) is -1.55. The highest BCUT2D eigenvalue weighted by Gasteiger charge is 2.17. The van der Waals surface area contributed by atoms with Gasteiger partial charge < -0.3 is 10.4 Å². The first-order chi connectivity index (χ1) is 9.85. The SMILES string of the molecule is CCN(CC(=O)Nc1cccc(Cl)c1C)CC(C)C(=O)O. The van der Waals surface area contributed by atoms with Crippen molar-refractivity contribution in [3.05, 3.63) is 28.8 Å². The summed E-state index contributed by atoms with van der Waals surface area (Å²) >= 11 is 6.01. The van der Waals surface area contributed by atoms with Gasteiger partial charge in [0.2, 0.25) is 5.91 Å². The van der Waals surface area contributed by atoms with Gasteiger partial charge >= 0.3 is 5.97 Å². The molecule has 1 aromatic carbocycles. The summed E-state index contributed by atoms with van der Waals surface area (Å²) in [4.78, 5) is 24.7. The topological polar surface area (TPSA) is 69.6 Å². The van der Waals surface area contributed by atoms with Crippen molar-refractivity contribution in [2.24, 2.45) is 5.92 Å². The summed E-state index contributed by atoms with van der Waals surface area (Å²) in [6, 6.07) is 5.32. The van der Waals surface area contributed by atoms with Gasteiger partial charge in [-0.15, -0.1) is 0 Å². The molecular formula is C15H21ClN2O3. The molecule has 6 heteroatoms. The van der Waals surface area contributed by atoms with Crippen LogP contribution in [0.15, 0.2) is 18.2 Å². The summed E-state index contributed by atoms with van der Waals surface area (Å²) in [5, 5.41) is 12.3. The Morgan fingerprint density at radius 3 is 2.67 bits per heavy atom. The lowest BCUT2D eigenvalue weighted by molar-refractivity contribution is -0.142. The minimum atomic E-state index is -0.862.